The van der Waals surface area contributed by atoms with E-state index in [1.165, 1.54) is 6.20 Å². The zero-order valence-corrected chi connectivity index (χ0v) is 11.5. The molecule has 0 aliphatic heterocycles. The molecule has 0 amide bonds. The number of nitrogens with zero attached hydrogens (tertiary/aromatic N) is 3. The van der Waals surface area contributed by atoms with E-state index in [-0.39, 0.29) is 6.01 Å². The maximum absolute atomic E-state index is 9.06. The van der Waals surface area contributed by atoms with E-state index in [2.05, 4.69) is 16.0 Å². The summed E-state index contributed by atoms with van der Waals surface area (Å²) in [6, 6.07) is 20.0. The second-order valence-corrected chi connectivity index (χ2v) is 4.30. The molecule has 0 spiro atoms. The van der Waals surface area contributed by atoms with Crippen LogP contribution in [-0.4, -0.2) is 9.97 Å². The van der Waals surface area contributed by atoms with Gasteiger partial charge in [-0.25, -0.2) is 4.98 Å². The van der Waals surface area contributed by atoms with Gasteiger partial charge in [0.1, 0.15) is 17.6 Å². The largest absolute Gasteiger partial charge is 0.437 e. The highest BCUT2D eigenvalue weighted by Crippen LogP contribution is 2.25. The Balaban J connectivity index is 1.81. The third-order valence-electron chi connectivity index (χ3n) is 2.78. The minimum Gasteiger partial charge on any atom is -0.437 e. The highest BCUT2D eigenvalue weighted by atomic mass is 16.5. The van der Waals surface area contributed by atoms with E-state index in [0.717, 1.165) is 0 Å². The summed E-state index contributed by atoms with van der Waals surface area (Å²) in [4.78, 5) is 8.21. The Morgan fingerprint density at radius 2 is 1.64 bits per heavy atom. The Morgan fingerprint density at radius 3 is 2.45 bits per heavy atom. The van der Waals surface area contributed by atoms with Crippen molar-refractivity contribution < 1.29 is 9.47 Å². The molecule has 0 unspecified atom stereocenters. The van der Waals surface area contributed by atoms with Crippen molar-refractivity contribution in [3.05, 3.63) is 72.4 Å². The lowest BCUT2D eigenvalue weighted by molar-refractivity contribution is 0.411. The average Bonchev–Trinajstić information content (AvgIpc) is 2.57. The first-order chi connectivity index (χ1) is 10.8. The molecular weight excluding hydrogens is 278 g/mol. The fourth-order valence-electron chi connectivity index (χ4n) is 1.79. The summed E-state index contributed by atoms with van der Waals surface area (Å²) in [7, 11) is 0. The summed E-state index contributed by atoms with van der Waals surface area (Å²) in [5.41, 5.74) is 0.437. The number of benzene rings is 2. The Labute approximate surface area is 127 Å². The standard InChI is InChI=1S/C17H11N3O2/c18-12-13-6-4-5-9-15(13)22-16-10-11-19-17(20-16)21-14-7-2-1-3-8-14/h1-11H. The van der Waals surface area contributed by atoms with Gasteiger partial charge in [0.15, 0.2) is 0 Å². The normalized spacial score (nSPS) is 9.77. The van der Waals surface area contributed by atoms with Crippen LogP contribution in [0, 0.1) is 11.3 Å². The highest BCUT2D eigenvalue weighted by Gasteiger charge is 2.07. The second-order valence-electron chi connectivity index (χ2n) is 4.30. The second kappa shape index (κ2) is 6.37. The predicted molar refractivity (Wildman–Crippen MR) is 79.8 cm³/mol. The number of nitriles is 1. The van der Waals surface area contributed by atoms with Crippen LogP contribution in [0.5, 0.6) is 23.4 Å². The van der Waals surface area contributed by atoms with Gasteiger partial charge < -0.3 is 9.47 Å². The first kappa shape index (κ1) is 13.6. The molecule has 0 N–H and O–H groups in total. The molecule has 5 heteroatoms. The molecule has 1 aromatic heterocycles. The van der Waals surface area contributed by atoms with Crippen LogP contribution in [0.4, 0.5) is 0 Å². The van der Waals surface area contributed by atoms with Crippen molar-refractivity contribution in [3.8, 4) is 29.5 Å². The van der Waals surface area contributed by atoms with Crippen LogP contribution in [0.2, 0.25) is 0 Å². The van der Waals surface area contributed by atoms with Gasteiger partial charge in [-0.05, 0) is 24.3 Å². The Morgan fingerprint density at radius 1 is 0.864 bits per heavy atom. The smallest absolute Gasteiger partial charge is 0.325 e. The summed E-state index contributed by atoms with van der Waals surface area (Å²) in [5.74, 6) is 1.38. The molecule has 0 atom stereocenters. The third-order valence-corrected chi connectivity index (χ3v) is 2.78. The molecule has 0 fully saturated rings. The zero-order valence-electron chi connectivity index (χ0n) is 11.5. The Bertz CT molecular complexity index is 813. The first-order valence-electron chi connectivity index (χ1n) is 6.58. The van der Waals surface area contributed by atoms with Crippen LogP contribution < -0.4 is 9.47 Å². The zero-order chi connectivity index (χ0) is 15.2. The highest BCUT2D eigenvalue weighted by molar-refractivity contribution is 5.44. The van der Waals surface area contributed by atoms with Gasteiger partial charge in [-0.1, -0.05) is 30.3 Å². The van der Waals surface area contributed by atoms with Gasteiger partial charge in [0.25, 0.3) is 0 Å². The lowest BCUT2D eigenvalue weighted by atomic mass is 10.2. The monoisotopic (exact) mass is 289 g/mol. The summed E-state index contributed by atoms with van der Waals surface area (Å²) in [6.07, 6.45) is 1.54. The number of rotatable bonds is 4. The molecule has 0 saturated heterocycles. The molecule has 3 rings (SSSR count). The number of para-hydroxylation sites is 2. The van der Waals surface area contributed by atoms with Gasteiger partial charge in [-0.15, -0.1) is 0 Å². The molecule has 1 heterocycles. The van der Waals surface area contributed by atoms with E-state index < -0.39 is 0 Å². The lowest BCUT2D eigenvalue weighted by Gasteiger charge is -2.07. The molecular formula is C17H11N3O2. The van der Waals surface area contributed by atoms with Crippen molar-refractivity contribution in [3.63, 3.8) is 0 Å². The van der Waals surface area contributed by atoms with E-state index in [1.54, 1.807) is 30.3 Å². The van der Waals surface area contributed by atoms with E-state index in [1.807, 2.05) is 30.3 Å². The fourth-order valence-corrected chi connectivity index (χ4v) is 1.79. The molecule has 0 bridgehead atoms. The van der Waals surface area contributed by atoms with Gasteiger partial charge >= 0.3 is 6.01 Å². The van der Waals surface area contributed by atoms with Crippen molar-refractivity contribution in [2.75, 3.05) is 0 Å². The van der Waals surface area contributed by atoms with Gasteiger partial charge in [-0.3, -0.25) is 0 Å². The maximum Gasteiger partial charge on any atom is 0.325 e. The van der Waals surface area contributed by atoms with Crippen LogP contribution in [0.3, 0.4) is 0 Å². The number of hydrogen-bond donors (Lipinski definition) is 0. The van der Waals surface area contributed by atoms with Gasteiger partial charge in [0.05, 0.1) is 5.56 Å². The molecule has 5 nitrogen and oxygen atoms in total. The summed E-state index contributed by atoms with van der Waals surface area (Å²) >= 11 is 0. The number of ether oxygens (including phenoxy) is 2. The van der Waals surface area contributed by atoms with E-state index in [9.17, 15) is 0 Å². The topological polar surface area (TPSA) is 68.0 Å². The minimum absolute atomic E-state index is 0.179. The van der Waals surface area contributed by atoms with Gasteiger partial charge in [0, 0.05) is 12.3 Å². The number of aromatic nitrogens is 2. The van der Waals surface area contributed by atoms with Crippen LogP contribution in [0.25, 0.3) is 0 Å². The summed E-state index contributed by atoms with van der Waals surface area (Å²) in [5, 5.41) is 9.06. The van der Waals surface area contributed by atoms with Crippen LogP contribution in [0.15, 0.2) is 66.9 Å². The van der Waals surface area contributed by atoms with E-state index in [0.29, 0.717) is 22.9 Å². The van der Waals surface area contributed by atoms with Crippen molar-refractivity contribution in [1.29, 1.82) is 5.26 Å². The van der Waals surface area contributed by atoms with Crippen molar-refractivity contribution in [2.24, 2.45) is 0 Å². The molecule has 22 heavy (non-hydrogen) atoms. The molecule has 0 aliphatic rings. The first-order valence-corrected chi connectivity index (χ1v) is 6.58. The van der Waals surface area contributed by atoms with Crippen LogP contribution in [0.1, 0.15) is 5.56 Å². The molecule has 0 radical (unpaired) electrons. The molecule has 0 aliphatic carbocycles. The molecule has 3 aromatic rings. The Kier molecular flexibility index (Phi) is 3.94. The van der Waals surface area contributed by atoms with Gasteiger partial charge in [0.2, 0.25) is 5.88 Å². The summed E-state index contributed by atoms with van der Waals surface area (Å²) < 4.78 is 11.2. The summed E-state index contributed by atoms with van der Waals surface area (Å²) in [6.45, 7) is 0. The molecule has 2 aromatic carbocycles. The van der Waals surface area contributed by atoms with Crippen molar-refractivity contribution >= 4 is 0 Å². The van der Waals surface area contributed by atoms with Crippen LogP contribution >= 0.6 is 0 Å². The van der Waals surface area contributed by atoms with Crippen molar-refractivity contribution in [2.45, 2.75) is 0 Å². The SMILES string of the molecule is N#Cc1ccccc1Oc1ccnc(Oc2ccccc2)n1. The lowest BCUT2D eigenvalue weighted by Crippen LogP contribution is -1.95. The average molecular weight is 289 g/mol. The molecule has 106 valence electrons. The third kappa shape index (κ3) is 3.19. The molecule has 0 saturated carbocycles. The fraction of sp³-hybridized carbons (Fsp3) is 0. The Hall–Kier alpha value is -3.39. The predicted octanol–water partition coefficient (Wildman–Crippen LogP) is 3.93. The maximum atomic E-state index is 9.06. The van der Waals surface area contributed by atoms with E-state index >= 15 is 0 Å². The van der Waals surface area contributed by atoms with Crippen LogP contribution in [-0.2, 0) is 0 Å². The number of hydrogen-bond acceptors (Lipinski definition) is 5. The van der Waals surface area contributed by atoms with Crippen molar-refractivity contribution in [1.82, 2.24) is 9.97 Å². The van der Waals surface area contributed by atoms with E-state index in [4.69, 9.17) is 14.7 Å². The van der Waals surface area contributed by atoms with Gasteiger partial charge in [-0.2, -0.15) is 10.2 Å². The minimum atomic E-state index is 0.179. The quantitative estimate of drug-likeness (QED) is 0.727.